The molecular formula is C21H28N6O2. The molecule has 1 amide bonds. The molecule has 29 heavy (non-hydrogen) atoms. The number of hydrogen-bond donors (Lipinski definition) is 0. The molecular weight excluding hydrogens is 368 g/mol. The first-order chi connectivity index (χ1) is 14.0. The predicted molar refractivity (Wildman–Crippen MR) is 111 cm³/mol. The maximum absolute atomic E-state index is 12.7. The van der Waals surface area contributed by atoms with Crippen LogP contribution in [0.15, 0.2) is 35.4 Å². The molecule has 0 radical (unpaired) electrons. The Morgan fingerprint density at radius 3 is 2.72 bits per heavy atom. The number of likely N-dealkylation sites (tertiary alicyclic amines) is 1. The maximum atomic E-state index is 12.7. The van der Waals surface area contributed by atoms with Crippen molar-refractivity contribution in [3.05, 3.63) is 52.5 Å². The molecule has 1 unspecified atom stereocenters. The van der Waals surface area contributed by atoms with Crippen LogP contribution in [0.4, 0.5) is 5.69 Å². The fraction of sp³-hybridized carbons (Fsp3) is 0.524. The van der Waals surface area contributed by atoms with Crippen molar-refractivity contribution >= 4 is 11.6 Å². The second kappa shape index (κ2) is 8.32. The van der Waals surface area contributed by atoms with Crippen LogP contribution in [0, 0.1) is 6.92 Å². The molecule has 2 aromatic rings. The highest BCUT2D eigenvalue weighted by Gasteiger charge is 2.29. The fourth-order valence-corrected chi connectivity index (χ4v) is 4.11. The number of carbonyl (C=O) groups is 1. The molecule has 0 aliphatic carbocycles. The highest BCUT2D eigenvalue weighted by Crippen LogP contribution is 2.29. The Kier molecular flexibility index (Phi) is 5.62. The van der Waals surface area contributed by atoms with Gasteiger partial charge in [0.1, 0.15) is 6.54 Å². The van der Waals surface area contributed by atoms with Crippen molar-refractivity contribution in [2.75, 3.05) is 51.2 Å². The molecule has 4 heterocycles. The van der Waals surface area contributed by atoms with Gasteiger partial charge in [0.2, 0.25) is 5.91 Å². The zero-order valence-corrected chi connectivity index (χ0v) is 17.1. The summed E-state index contributed by atoms with van der Waals surface area (Å²) >= 11 is 0. The monoisotopic (exact) mass is 396 g/mol. The van der Waals surface area contributed by atoms with E-state index in [9.17, 15) is 9.59 Å². The number of piperazine rings is 1. The zero-order valence-electron chi connectivity index (χ0n) is 17.1. The van der Waals surface area contributed by atoms with Gasteiger partial charge in [0.25, 0.3) is 0 Å². The summed E-state index contributed by atoms with van der Waals surface area (Å²) in [7, 11) is 2.16. The normalized spacial score (nSPS) is 20.3. The van der Waals surface area contributed by atoms with E-state index in [0.29, 0.717) is 13.1 Å². The predicted octanol–water partition coefficient (Wildman–Crippen LogP) is 0.715. The fourth-order valence-electron chi connectivity index (χ4n) is 4.11. The summed E-state index contributed by atoms with van der Waals surface area (Å²) in [6, 6.07) is 6.02. The minimum absolute atomic E-state index is 0.0349. The number of hydrogen-bond acceptors (Lipinski definition) is 6. The van der Waals surface area contributed by atoms with Crippen molar-refractivity contribution in [2.45, 2.75) is 25.8 Å². The van der Waals surface area contributed by atoms with Crippen LogP contribution in [0.1, 0.15) is 23.7 Å². The van der Waals surface area contributed by atoms with Crippen molar-refractivity contribution in [3.8, 4) is 0 Å². The van der Waals surface area contributed by atoms with Gasteiger partial charge < -0.3 is 14.7 Å². The number of pyridine rings is 1. The number of carbonyl (C=O) groups excluding carboxylic acids is 1. The van der Waals surface area contributed by atoms with Gasteiger partial charge in [-0.15, -0.1) is 0 Å². The maximum Gasteiger partial charge on any atom is 0.347 e. The molecule has 0 bridgehead atoms. The van der Waals surface area contributed by atoms with Crippen LogP contribution in [0.3, 0.4) is 0 Å². The third-order valence-corrected chi connectivity index (χ3v) is 5.87. The summed E-state index contributed by atoms with van der Waals surface area (Å²) in [6.45, 7) is 7.59. The summed E-state index contributed by atoms with van der Waals surface area (Å²) in [4.78, 5) is 39.5. The van der Waals surface area contributed by atoms with Gasteiger partial charge in [0.05, 0.1) is 0 Å². The van der Waals surface area contributed by atoms with E-state index in [1.165, 1.54) is 16.5 Å². The van der Waals surface area contributed by atoms with E-state index in [-0.39, 0.29) is 18.4 Å². The Balaban J connectivity index is 1.44. The van der Waals surface area contributed by atoms with Gasteiger partial charge in [-0.25, -0.2) is 9.78 Å². The van der Waals surface area contributed by atoms with Crippen molar-refractivity contribution in [3.63, 3.8) is 0 Å². The lowest BCUT2D eigenvalue weighted by Gasteiger charge is -2.34. The molecule has 2 aromatic heterocycles. The quantitative estimate of drug-likeness (QED) is 0.758. The van der Waals surface area contributed by atoms with Gasteiger partial charge in [-0.2, -0.15) is 0 Å². The van der Waals surface area contributed by atoms with E-state index >= 15 is 0 Å². The Hall–Kier alpha value is -2.74. The number of aromatic nitrogens is 3. The minimum Gasteiger partial charge on any atom is -0.369 e. The van der Waals surface area contributed by atoms with E-state index in [4.69, 9.17) is 4.98 Å². The van der Waals surface area contributed by atoms with Crippen molar-refractivity contribution in [2.24, 2.45) is 0 Å². The molecule has 154 valence electrons. The van der Waals surface area contributed by atoms with Gasteiger partial charge in [-0.1, -0.05) is 0 Å². The van der Waals surface area contributed by atoms with Crippen LogP contribution < -0.4 is 10.6 Å². The summed E-state index contributed by atoms with van der Waals surface area (Å²) in [5, 5.41) is 0. The first kappa shape index (κ1) is 19.6. The largest absolute Gasteiger partial charge is 0.369 e. The van der Waals surface area contributed by atoms with Gasteiger partial charge in [-0.05, 0) is 38.6 Å². The molecule has 4 rings (SSSR count). The number of aryl methyl sites for hydroxylation is 1. The van der Waals surface area contributed by atoms with Crippen LogP contribution in [0.5, 0.6) is 0 Å². The molecule has 0 spiro atoms. The Morgan fingerprint density at radius 2 is 1.97 bits per heavy atom. The summed E-state index contributed by atoms with van der Waals surface area (Å²) < 4.78 is 1.35. The number of nitrogens with zero attached hydrogens (tertiary/aromatic N) is 6. The Morgan fingerprint density at radius 1 is 1.17 bits per heavy atom. The molecule has 1 atom stereocenters. The first-order valence-electron chi connectivity index (χ1n) is 10.2. The highest BCUT2D eigenvalue weighted by molar-refractivity contribution is 5.76. The molecule has 0 N–H and O–H groups in total. The van der Waals surface area contributed by atoms with Crippen LogP contribution >= 0.6 is 0 Å². The average Bonchev–Trinajstić information content (AvgIpc) is 3.20. The topological polar surface area (TPSA) is 74.6 Å². The molecule has 0 aromatic carbocycles. The lowest BCUT2D eigenvalue weighted by molar-refractivity contribution is -0.130. The van der Waals surface area contributed by atoms with Crippen LogP contribution in [0.25, 0.3) is 0 Å². The summed E-state index contributed by atoms with van der Waals surface area (Å²) in [5.41, 5.74) is 2.91. The van der Waals surface area contributed by atoms with E-state index in [2.05, 4.69) is 34.0 Å². The lowest BCUT2D eigenvalue weighted by atomic mass is 10.0. The van der Waals surface area contributed by atoms with E-state index in [1.54, 1.807) is 12.3 Å². The standard InChI is InChI=1S/C21H28N6O2/c1-16-12-18(25-10-8-24(2)9-11-25)13-19(23-16)17-4-7-26(14-17)20(28)15-27-6-3-5-22-21(27)29/h3,5-6,12-13,17H,4,7-11,14-15H2,1-2H3. The second-order valence-corrected chi connectivity index (χ2v) is 8.04. The summed E-state index contributed by atoms with van der Waals surface area (Å²) in [6.07, 6.45) is 3.94. The SMILES string of the molecule is Cc1cc(N2CCN(C)CC2)cc(C2CCN(C(=O)Cn3cccnc3=O)C2)n1. The van der Waals surface area contributed by atoms with Crippen LogP contribution in [0.2, 0.25) is 0 Å². The number of anilines is 1. The Bertz CT molecular complexity index is 935. The Labute approximate surface area is 170 Å². The molecule has 2 aliphatic rings. The number of rotatable bonds is 4. The van der Waals surface area contributed by atoms with Crippen molar-refractivity contribution < 1.29 is 4.79 Å². The van der Waals surface area contributed by atoms with Gasteiger partial charge in [0.15, 0.2) is 0 Å². The van der Waals surface area contributed by atoms with E-state index in [1.807, 2.05) is 11.8 Å². The molecule has 8 heteroatoms. The average molecular weight is 396 g/mol. The molecule has 2 fully saturated rings. The molecule has 2 saturated heterocycles. The van der Waals surface area contributed by atoms with Gasteiger partial charge in [-0.3, -0.25) is 14.3 Å². The summed E-state index contributed by atoms with van der Waals surface area (Å²) in [5.74, 6) is 0.185. The van der Waals surface area contributed by atoms with Gasteiger partial charge in [0, 0.05) is 74.7 Å². The number of likely N-dealkylation sites (N-methyl/N-ethyl adjacent to an activating group) is 1. The minimum atomic E-state index is -0.395. The third-order valence-electron chi connectivity index (χ3n) is 5.87. The van der Waals surface area contributed by atoms with E-state index < -0.39 is 5.69 Å². The van der Waals surface area contributed by atoms with E-state index in [0.717, 1.165) is 44.0 Å². The van der Waals surface area contributed by atoms with Crippen LogP contribution in [-0.4, -0.2) is 76.6 Å². The van der Waals surface area contributed by atoms with Crippen LogP contribution in [-0.2, 0) is 11.3 Å². The molecule has 8 nitrogen and oxygen atoms in total. The smallest absolute Gasteiger partial charge is 0.347 e. The van der Waals surface area contributed by atoms with Gasteiger partial charge >= 0.3 is 5.69 Å². The number of amides is 1. The third kappa shape index (κ3) is 4.48. The van der Waals surface area contributed by atoms with Crippen molar-refractivity contribution in [1.82, 2.24) is 24.3 Å². The van der Waals surface area contributed by atoms with Crippen molar-refractivity contribution in [1.29, 1.82) is 0 Å². The molecule has 2 aliphatic heterocycles. The molecule has 0 saturated carbocycles. The highest BCUT2D eigenvalue weighted by atomic mass is 16.2. The lowest BCUT2D eigenvalue weighted by Crippen LogP contribution is -2.44. The zero-order chi connectivity index (χ0) is 20.4. The second-order valence-electron chi connectivity index (χ2n) is 8.04. The first-order valence-corrected chi connectivity index (χ1v) is 10.2.